The van der Waals surface area contributed by atoms with Gasteiger partial charge in [0.25, 0.3) is 0 Å². The Hall–Kier alpha value is -3.12. The predicted octanol–water partition coefficient (Wildman–Crippen LogP) is 5.41. The average molecular weight is 405 g/mol. The molecule has 5 rings (SSSR count). The van der Waals surface area contributed by atoms with Crippen LogP contribution in [0.15, 0.2) is 54.6 Å². The number of aromatic amines is 1. The number of benzene rings is 2. The quantitative estimate of drug-likeness (QED) is 0.400. The summed E-state index contributed by atoms with van der Waals surface area (Å²) >= 11 is 6.06. The van der Waals surface area contributed by atoms with E-state index < -0.39 is 0 Å². The number of hydrogen-bond donors (Lipinski definition) is 3. The van der Waals surface area contributed by atoms with Crippen LogP contribution >= 0.6 is 11.6 Å². The van der Waals surface area contributed by atoms with Crippen LogP contribution < -0.4 is 10.6 Å². The molecule has 1 aliphatic rings. The Kier molecular flexibility index (Phi) is 4.36. The molecule has 4 aromatic rings. The standard InChI is InChI=1S/C22H21ClN6/c1-2-16-13-19(29-28-16)25-20-17-5-3-4-6-18(17)24-21(26-20)27-22(11-12-22)14-7-9-15(23)10-8-14/h3-10,13H,2,11-12H2,1H3,(H3,24,25,26,27,28,29). The zero-order valence-corrected chi connectivity index (χ0v) is 16.8. The maximum atomic E-state index is 6.06. The largest absolute Gasteiger partial charge is 0.345 e. The third-order valence-electron chi connectivity index (χ3n) is 5.36. The lowest BCUT2D eigenvalue weighted by Crippen LogP contribution is -2.20. The van der Waals surface area contributed by atoms with Crippen molar-refractivity contribution in [2.75, 3.05) is 10.6 Å². The number of anilines is 3. The summed E-state index contributed by atoms with van der Waals surface area (Å²) in [4.78, 5) is 9.54. The van der Waals surface area contributed by atoms with Crippen LogP contribution in [0.4, 0.5) is 17.6 Å². The SMILES string of the molecule is CCc1cc(Nc2nc(NC3(c4ccc(Cl)cc4)CC3)nc3ccccc23)n[nH]1. The molecule has 0 spiro atoms. The summed E-state index contributed by atoms with van der Waals surface area (Å²) in [7, 11) is 0. The second-order valence-corrected chi connectivity index (χ2v) is 7.82. The van der Waals surface area contributed by atoms with Gasteiger partial charge in [-0.25, -0.2) is 4.98 Å². The molecule has 0 saturated heterocycles. The highest BCUT2D eigenvalue weighted by Crippen LogP contribution is 2.48. The zero-order chi connectivity index (χ0) is 19.8. The Labute approximate surface area is 173 Å². The number of aromatic nitrogens is 4. The fraction of sp³-hybridized carbons (Fsp3) is 0.227. The number of halogens is 1. The molecule has 1 saturated carbocycles. The molecule has 0 unspecified atom stereocenters. The summed E-state index contributed by atoms with van der Waals surface area (Å²) in [6.07, 6.45) is 2.97. The van der Waals surface area contributed by atoms with Crippen molar-refractivity contribution in [2.24, 2.45) is 0 Å². The molecule has 1 fully saturated rings. The lowest BCUT2D eigenvalue weighted by Gasteiger charge is -2.19. The highest BCUT2D eigenvalue weighted by Gasteiger charge is 2.45. The molecule has 146 valence electrons. The molecule has 2 heterocycles. The minimum absolute atomic E-state index is 0.133. The molecule has 0 bridgehead atoms. The summed E-state index contributed by atoms with van der Waals surface area (Å²) in [5.74, 6) is 2.08. The van der Waals surface area contributed by atoms with E-state index in [4.69, 9.17) is 21.6 Å². The highest BCUT2D eigenvalue weighted by atomic mass is 35.5. The molecule has 2 aromatic heterocycles. The smallest absolute Gasteiger partial charge is 0.225 e. The molecule has 0 radical (unpaired) electrons. The van der Waals surface area contributed by atoms with Crippen LogP contribution in [-0.4, -0.2) is 20.2 Å². The first-order chi connectivity index (χ1) is 14.1. The first-order valence-corrected chi connectivity index (χ1v) is 10.2. The van der Waals surface area contributed by atoms with Gasteiger partial charge in [-0.05, 0) is 49.1 Å². The van der Waals surface area contributed by atoms with Gasteiger partial charge in [0.15, 0.2) is 5.82 Å². The van der Waals surface area contributed by atoms with Crippen molar-refractivity contribution in [2.45, 2.75) is 31.7 Å². The minimum atomic E-state index is -0.133. The summed E-state index contributed by atoms with van der Waals surface area (Å²) in [5, 5.41) is 16.0. The van der Waals surface area contributed by atoms with Crippen molar-refractivity contribution in [1.82, 2.24) is 20.2 Å². The molecule has 0 aliphatic heterocycles. The Bertz CT molecular complexity index is 1160. The molecule has 0 amide bonds. The monoisotopic (exact) mass is 404 g/mol. The van der Waals surface area contributed by atoms with Crippen LogP contribution in [0.5, 0.6) is 0 Å². The van der Waals surface area contributed by atoms with Crippen LogP contribution in [0.2, 0.25) is 5.02 Å². The number of H-pyrrole nitrogens is 1. The van der Waals surface area contributed by atoms with E-state index in [9.17, 15) is 0 Å². The van der Waals surface area contributed by atoms with E-state index in [1.54, 1.807) is 0 Å². The van der Waals surface area contributed by atoms with Gasteiger partial charge < -0.3 is 10.6 Å². The van der Waals surface area contributed by atoms with E-state index in [0.29, 0.717) is 5.95 Å². The first kappa shape index (κ1) is 17.9. The van der Waals surface area contributed by atoms with Crippen LogP contribution in [0.25, 0.3) is 10.9 Å². The van der Waals surface area contributed by atoms with Crippen LogP contribution in [0, 0.1) is 0 Å². The van der Waals surface area contributed by atoms with E-state index in [-0.39, 0.29) is 5.54 Å². The number of hydrogen-bond acceptors (Lipinski definition) is 5. The molecule has 3 N–H and O–H groups in total. The summed E-state index contributed by atoms with van der Waals surface area (Å²) < 4.78 is 0. The third kappa shape index (κ3) is 3.51. The molecular weight excluding hydrogens is 384 g/mol. The molecule has 1 aliphatic carbocycles. The van der Waals surface area contributed by atoms with Gasteiger partial charge in [-0.1, -0.05) is 42.8 Å². The van der Waals surface area contributed by atoms with E-state index in [1.807, 2.05) is 42.5 Å². The Balaban J connectivity index is 1.50. The number of nitrogens with zero attached hydrogens (tertiary/aromatic N) is 3. The van der Waals surface area contributed by atoms with Crippen molar-refractivity contribution in [3.63, 3.8) is 0 Å². The first-order valence-electron chi connectivity index (χ1n) is 9.77. The fourth-order valence-corrected chi connectivity index (χ4v) is 3.68. The van der Waals surface area contributed by atoms with Gasteiger partial charge in [-0.3, -0.25) is 5.10 Å². The Morgan fingerprint density at radius 3 is 2.59 bits per heavy atom. The second kappa shape index (κ2) is 7.04. The van der Waals surface area contributed by atoms with Gasteiger partial charge in [0, 0.05) is 22.2 Å². The van der Waals surface area contributed by atoms with E-state index in [0.717, 1.165) is 52.5 Å². The van der Waals surface area contributed by atoms with Crippen molar-refractivity contribution in [3.8, 4) is 0 Å². The maximum absolute atomic E-state index is 6.06. The van der Waals surface area contributed by atoms with E-state index in [2.05, 4.69) is 39.9 Å². The third-order valence-corrected chi connectivity index (χ3v) is 5.61. The molecule has 29 heavy (non-hydrogen) atoms. The van der Waals surface area contributed by atoms with Crippen LogP contribution in [0.3, 0.4) is 0 Å². The number of rotatable bonds is 6. The molecule has 6 nitrogen and oxygen atoms in total. The van der Waals surface area contributed by atoms with E-state index in [1.165, 1.54) is 5.56 Å². The normalized spacial score (nSPS) is 14.7. The summed E-state index contributed by atoms with van der Waals surface area (Å²) in [5.41, 5.74) is 3.02. The van der Waals surface area contributed by atoms with Gasteiger partial charge in [0.1, 0.15) is 5.82 Å². The van der Waals surface area contributed by atoms with Gasteiger partial charge >= 0.3 is 0 Å². The number of aryl methyl sites for hydroxylation is 1. The predicted molar refractivity (Wildman–Crippen MR) is 117 cm³/mol. The average Bonchev–Trinajstić information content (AvgIpc) is 3.37. The highest BCUT2D eigenvalue weighted by molar-refractivity contribution is 6.30. The van der Waals surface area contributed by atoms with Gasteiger partial charge in [-0.2, -0.15) is 10.1 Å². The number of fused-ring (bicyclic) bond motifs is 1. The van der Waals surface area contributed by atoms with Gasteiger partial charge in [-0.15, -0.1) is 0 Å². The lowest BCUT2D eigenvalue weighted by molar-refractivity contribution is 0.792. The summed E-state index contributed by atoms with van der Waals surface area (Å²) in [6.45, 7) is 2.09. The van der Waals surface area contributed by atoms with Crippen molar-refractivity contribution in [1.29, 1.82) is 0 Å². The van der Waals surface area contributed by atoms with Gasteiger partial charge in [0.05, 0.1) is 11.1 Å². The topological polar surface area (TPSA) is 78.5 Å². The van der Waals surface area contributed by atoms with Crippen molar-refractivity contribution >= 4 is 40.1 Å². The fourth-order valence-electron chi connectivity index (χ4n) is 3.55. The molecule has 0 atom stereocenters. The lowest BCUT2D eigenvalue weighted by atomic mass is 10.1. The molecular formula is C22H21ClN6. The number of nitrogens with one attached hydrogen (secondary N) is 3. The Morgan fingerprint density at radius 1 is 1.07 bits per heavy atom. The minimum Gasteiger partial charge on any atom is -0.345 e. The molecule has 7 heteroatoms. The van der Waals surface area contributed by atoms with Crippen molar-refractivity contribution < 1.29 is 0 Å². The summed E-state index contributed by atoms with van der Waals surface area (Å²) in [6, 6.07) is 18.0. The second-order valence-electron chi connectivity index (χ2n) is 7.38. The van der Waals surface area contributed by atoms with E-state index >= 15 is 0 Å². The van der Waals surface area contributed by atoms with Crippen LogP contribution in [-0.2, 0) is 12.0 Å². The maximum Gasteiger partial charge on any atom is 0.225 e. The zero-order valence-electron chi connectivity index (χ0n) is 16.0. The molecule has 2 aromatic carbocycles. The number of para-hydroxylation sites is 1. The van der Waals surface area contributed by atoms with Crippen LogP contribution in [0.1, 0.15) is 31.0 Å². The van der Waals surface area contributed by atoms with Gasteiger partial charge in [0.2, 0.25) is 5.95 Å². The van der Waals surface area contributed by atoms with Crippen molar-refractivity contribution in [3.05, 3.63) is 70.9 Å². The Morgan fingerprint density at radius 2 is 1.86 bits per heavy atom.